The molecule has 168 valence electrons. The maximum atomic E-state index is 11.8. The fourth-order valence-corrected chi connectivity index (χ4v) is 4.63. The van der Waals surface area contributed by atoms with Gasteiger partial charge in [-0.15, -0.1) is 0 Å². The molecule has 0 saturated heterocycles. The summed E-state index contributed by atoms with van der Waals surface area (Å²) in [5.74, 6) is 0. The third kappa shape index (κ3) is 8.17. The van der Waals surface area contributed by atoms with Gasteiger partial charge in [-0.2, -0.15) is 0 Å². The molecule has 0 amide bonds. The summed E-state index contributed by atoms with van der Waals surface area (Å²) in [6, 6.07) is 5.77. The zero-order valence-electron chi connectivity index (χ0n) is 20.2. The minimum Gasteiger partial charge on any atom is -0.413 e. The van der Waals surface area contributed by atoms with Crippen molar-refractivity contribution in [3.05, 3.63) is 29.3 Å². The van der Waals surface area contributed by atoms with Crippen LogP contribution in [0.1, 0.15) is 52.7 Å². The molecular weight excluding hydrogens is 418 g/mol. The van der Waals surface area contributed by atoms with E-state index in [9.17, 15) is 8.42 Å². The SMILES string of the molecule is CC(C)(C)[Si](C)(C)OCc1cc(CO[Si](C)(C)C(C)(C)C)cc(NS(C)(=O)=O)c1. The first-order valence-electron chi connectivity index (χ1n) is 10.1. The van der Waals surface area contributed by atoms with E-state index in [0.717, 1.165) is 17.4 Å². The van der Waals surface area contributed by atoms with Crippen LogP contribution in [0.15, 0.2) is 18.2 Å². The number of sulfonamides is 1. The number of benzene rings is 1. The number of nitrogens with one attached hydrogen (secondary N) is 1. The van der Waals surface area contributed by atoms with Crippen LogP contribution in [-0.2, 0) is 32.1 Å². The molecular formula is C21H41NO4SSi2. The van der Waals surface area contributed by atoms with Crippen molar-refractivity contribution < 1.29 is 17.3 Å². The van der Waals surface area contributed by atoms with Crippen molar-refractivity contribution >= 4 is 32.3 Å². The first-order chi connectivity index (χ1) is 12.7. The van der Waals surface area contributed by atoms with Crippen LogP contribution >= 0.6 is 0 Å². The second-order valence-corrected chi connectivity index (χ2v) is 22.4. The highest BCUT2D eigenvalue weighted by molar-refractivity contribution is 7.92. The van der Waals surface area contributed by atoms with Crippen LogP contribution < -0.4 is 4.72 Å². The van der Waals surface area contributed by atoms with Crippen LogP contribution in [0.2, 0.25) is 36.3 Å². The molecule has 0 radical (unpaired) electrons. The molecule has 0 fully saturated rings. The third-order valence-corrected chi connectivity index (χ3v) is 15.7. The summed E-state index contributed by atoms with van der Waals surface area (Å²) in [5.41, 5.74) is 2.47. The van der Waals surface area contributed by atoms with E-state index in [1.165, 1.54) is 0 Å². The van der Waals surface area contributed by atoms with Crippen LogP contribution in [0.3, 0.4) is 0 Å². The summed E-state index contributed by atoms with van der Waals surface area (Å²) in [4.78, 5) is 0. The van der Waals surface area contributed by atoms with Crippen molar-refractivity contribution in [2.24, 2.45) is 0 Å². The third-order valence-electron chi connectivity index (χ3n) is 6.17. The summed E-state index contributed by atoms with van der Waals surface area (Å²) in [5, 5.41) is 0.230. The molecule has 0 heterocycles. The molecule has 29 heavy (non-hydrogen) atoms. The van der Waals surface area contributed by atoms with Gasteiger partial charge in [-0.3, -0.25) is 4.72 Å². The second-order valence-electron chi connectivity index (χ2n) is 11.0. The molecule has 1 N–H and O–H groups in total. The molecule has 0 aromatic heterocycles. The molecule has 0 atom stereocenters. The highest BCUT2D eigenvalue weighted by Gasteiger charge is 2.38. The molecule has 0 unspecified atom stereocenters. The van der Waals surface area contributed by atoms with Crippen molar-refractivity contribution in [3.8, 4) is 0 Å². The predicted octanol–water partition coefficient (Wildman–Crippen LogP) is 6.10. The smallest absolute Gasteiger partial charge is 0.229 e. The molecule has 0 saturated carbocycles. The summed E-state index contributed by atoms with van der Waals surface area (Å²) in [6.07, 6.45) is 1.16. The van der Waals surface area contributed by atoms with E-state index in [1.807, 2.05) is 12.1 Å². The van der Waals surface area contributed by atoms with Gasteiger partial charge in [-0.25, -0.2) is 8.42 Å². The van der Waals surface area contributed by atoms with Gasteiger partial charge in [0, 0.05) is 5.69 Å². The molecule has 1 rings (SSSR count). The van der Waals surface area contributed by atoms with Crippen LogP contribution in [0.4, 0.5) is 5.69 Å². The lowest BCUT2D eigenvalue weighted by atomic mass is 10.1. The minimum absolute atomic E-state index is 0.115. The molecule has 5 nitrogen and oxygen atoms in total. The van der Waals surface area contributed by atoms with Crippen LogP contribution in [0.25, 0.3) is 0 Å². The molecule has 0 aliphatic rings. The van der Waals surface area contributed by atoms with Gasteiger partial charge < -0.3 is 8.85 Å². The number of hydrogen-bond donors (Lipinski definition) is 1. The number of rotatable bonds is 8. The van der Waals surface area contributed by atoms with Crippen LogP contribution in [0, 0.1) is 0 Å². The number of anilines is 1. The largest absolute Gasteiger partial charge is 0.413 e. The standard InChI is InChI=1S/C21H41NO4SSi2/c1-20(2,3)28(8,9)25-15-17-12-18(14-19(13-17)22-27(7,23)24)16-26-29(10,11)21(4,5)6/h12-14,22H,15-16H2,1-11H3. The van der Waals surface area contributed by atoms with Gasteiger partial charge in [0.25, 0.3) is 0 Å². The molecule has 1 aromatic carbocycles. The Bertz CT molecular complexity index is 759. The molecule has 0 aliphatic carbocycles. The van der Waals surface area contributed by atoms with E-state index in [-0.39, 0.29) is 10.1 Å². The summed E-state index contributed by atoms with van der Waals surface area (Å²) in [6.45, 7) is 23.0. The fourth-order valence-electron chi connectivity index (χ4n) is 2.16. The average molecular weight is 460 g/mol. The highest BCUT2D eigenvalue weighted by atomic mass is 32.2. The van der Waals surface area contributed by atoms with Crippen molar-refractivity contribution in [2.45, 2.75) is 91.0 Å². The van der Waals surface area contributed by atoms with Gasteiger partial charge in [0.05, 0.1) is 19.5 Å². The Hall–Kier alpha value is -0.676. The van der Waals surface area contributed by atoms with Crippen molar-refractivity contribution in [1.29, 1.82) is 0 Å². The Morgan fingerprint density at radius 1 is 0.793 bits per heavy atom. The minimum atomic E-state index is -3.36. The molecule has 8 heteroatoms. The summed E-state index contributed by atoms with van der Waals surface area (Å²) >= 11 is 0. The Balaban J connectivity index is 3.13. The lowest BCUT2D eigenvalue weighted by Crippen LogP contribution is -2.40. The van der Waals surface area contributed by atoms with Gasteiger partial charge in [0.15, 0.2) is 16.6 Å². The lowest BCUT2D eigenvalue weighted by molar-refractivity contribution is 0.271. The zero-order valence-corrected chi connectivity index (χ0v) is 23.0. The molecule has 0 bridgehead atoms. The monoisotopic (exact) mass is 459 g/mol. The fraction of sp³-hybridized carbons (Fsp3) is 0.714. The molecule has 0 aliphatic heterocycles. The Morgan fingerprint density at radius 2 is 1.14 bits per heavy atom. The van der Waals surface area contributed by atoms with Gasteiger partial charge in [0.1, 0.15) is 0 Å². The highest BCUT2D eigenvalue weighted by Crippen LogP contribution is 2.38. The van der Waals surface area contributed by atoms with E-state index >= 15 is 0 Å². The Morgan fingerprint density at radius 3 is 1.41 bits per heavy atom. The topological polar surface area (TPSA) is 64.6 Å². The van der Waals surface area contributed by atoms with Crippen molar-refractivity contribution in [1.82, 2.24) is 0 Å². The Labute approximate surface area is 180 Å². The number of hydrogen-bond acceptors (Lipinski definition) is 4. The molecule has 1 aromatic rings. The van der Waals surface area contributed by atoms with Gasteiger partial charge in [-0.05, 0) is 59.5 Å². The van der Waals surface area contributed by atoms with E-state index in [1.54, 1.807) is 0 Å². The summed E-state index contributed by atoms with van der Waals surface area (Å²) in [7, 11) is -7.17. The van der Waals surface area contributed by atoms with Gasteiger partial charge in [0.2, 0.25) is 10.0 Å². The second kappa shape index (κ2) is 8.82. The lowest BCUT2D eigenvalue weighted by Gasteiger charge is -2.36. The zero-order chi connectivity index (χ0) is 22.9. The van der Waals surface area contributed by atoms with E-state index in [0.29, 0.717) is 18.9 Å². The maximum Gasteiger partial charge on any atom is 0.229 e. The maximum absolute atomic E-state index is 11.8. The van der Waals surface area contributed by atoms with Gasteiger partial charge in [-0.1, -0.05) is 47.6 Å². The van der Waals surface area contributed by atoms with Crippen LogP contribution in [0.5, 0.6) is 0 Å². The molecule has 0 spiro atoms. The quantitative estimate of drug-likeness (QED) is 0.477. The van der Waals surface area contributed by atoms with Crippen molar-refractivity contribution in [3.63, 3.8) is 0 Å². The van der Waals surface area contributed by atoms with E-state index < -0.39 is 26.7 Å². The normalized spacial score (nSPS) is 14.2. The van der Waals surface area contributed by atoms with Crippen molar-refractivity contribution in [2.75, 3.05) is 11.0 Å². The Kier molecular flexibility index (Phi) is 8.02. The predicted molar refractivity (Wildman–Crippen MR) is 129 cm³/mol. The van der Waals surface area contributed by atoms with E-state index in [2.05, 4.69) is 78.5 Å². The summed E-state index contributed by atoms with van der Waals surface area (Å²) < 4.78 is 38.8. The average Bonchev–Trinajstić information content (AvgIpc) is 2.47. The first-order valence-corrected chi connectivity index (χ1v) is 17.8. The van der Waals surface area contributed by atoms with E-state index in [4.69, 9.17) is 8.85 Å². The first kappa shape index (κ1) is 26.4. The van der Waals surface area contributed by atoms with Gasteiger partial charge >= 0.3 is 0 Å². The van der Waals surface area contributed by atoms with Crippen LogP contribution in [-0.4, -0.2) is 31.3 Å².